The Balaban J connectivity index is 2.56. The van der Waals surface area contributed by atoms with E-state index in [-0.39, 0.29) is 0 Å². The Morgan fingerprint density at radius 3 is 2.55 bits per heavy atom. The van der Waals surface area contributed by atoms with Gasteiger partial charge in [0.2, 0.25) is 0 Å². The molecule has 0 aliphatic carbocycles. The van der Waals surface area contributed by atoms with E-state index < -0.39 is 0 Å². The zero-order valence-corrected chi connectivity index (χ0v) is 13.6. The maximum atomic E-state index is 4.46. The van der Waals surface area contributed by atoms with Gasteiger partial charge in [0.05, 0.1) is 5.69 Å². The largest absolute Gasteiger partial charge is 0.315 e. The van der Waals surface area contributed by atoms with Crippen molar-refractivity contribution in [2.75, 3.05) is 19.6 Å². The summed E-state index contributed by atoms with van der Waals surface area (Å²) in [6, 6.07) is 6.77. The second-order valence-electron chi connectivity index (χ2n) is 5.88. The van der Waals surface area contributed by atoms with E-state index in [1.54, 1.807) is 0 Å². The molecule has 0 aliphatic rings. The minimum Gasteiger partial charge on any atom is -0.315 e. The van der Waals surface area contributed by atoms with Gasteiger partial charge in [0.15, 0.2) is 0 Å². The van der Waals surface area contributed by atoms with Crippen LogP contribution in [0.5, 0.6) is 0 Å². The van der Waals surface area contributed by atoms with Gasteiger partial charge in [-0.25, -0.2) is 0 Å². The first-order chi connectivity index (χ1) is 9.67. The van der Waals surface area contributed by atoms with Crippen LogP contribution in [0, 0.1) is 5.92 Å². The Kier molecular flexibility index (Phi) is 8.47. The van der Waals surface area contributed by atoms with Gasteiger partial charge < -0.3 is 5.32 Å². The van der Waals surface area contributed by atoms with Crippen molar-refractivity contribution in [1.82, 2.24) is 15.2 Å². The number of aromatic nitrogens is 1. The molecule has 114 valence electrons. The SMILES string of the molecule is CCCC(CNCC(C)C)N(CC)Cc1ccccn1. The van der Waals surface area contributed by atoms with Crippen LogP contribution in [-0.2, 0) is 6.54 Å². The number of nitrogens with zero attached hydrogens (tertiary/aromatic N) is 2. The lowest BCUT2D eigenvalue weighted by Gasteiger charge is -2.31. The third kappa shape index (κ3) is 6.49. The highest BCUT2D eigenvalue weighted by molar-refractivity contribution is 5.03. The van der Waals surface area contributed by atoms with Gasteiger partial charge in [-0.2, -0.15) is 0 Å². The highest BCUT2D eigenvalue weighted by Gasteiger charge is 2.16. The van der Waals surface area contributed by atoms with Gasteiger partial charge in [0.1, 0.15) is 0 Å². The summed E-state index contributed by atoms with van der Waals surface area (Å²) in [5.74, 6) is 0.711. The number of rotatable bonds is 10. The van der Waals surface area contributed by atoms with Crippen LogP contribution in [0.15, 0.2) is 24.4 Å². The quantitative estimate of drug-likeness (QED) is 0.711. The minimum atomic E-state index is 0.603. The highest BCUT2D eigenvalue weighted by Crippen LogP contribution is 2.10. The lowest BCUT2D eigenvalue weighted by atomic mass is 10.1. The molecule has 0 amide bonds. The van der Waals surface area contributed by atoms with Crippen LogP contribution in [-0.4, -0.2) is 35.6 Å². The summed E-state index contributed by atoms with van der Waals surface area (Å²) in [4.78, 5) is 7.00. The molecular weight excluding hydrogens is 246 g/mol. The molecule has 0 spiro atoms. The topological polar surface area (TPSA) is 28.2 Å². The number of likely N-dealkylation sites (N-methyl/N-ethyl adjacent to an activating group) is 1. The van der Waals surface area contributed by atoms with Gasteiger partial charge in [0, 0.05) is 25.3 Å². The highest BCUT2D eigenvalue weighted by atomic mass is 15.2. The van der Waals surface area contributed by atoms with Crippen molar-refractivity contribution < 1.29 is 0 Å². The molecule has 3 nitrogen and oxygen atoms in total. The fourth-order valence-electron chi connectivity index (χ4n) is 2.48. The fraction of sp³-hybridized carbons (Fsp3) is 0.706. The Bertz CT molecular complexity index is 337. The second-order valence-corrected chi connectivity index (χ2v) is 5.88. The first-order valence-corrected chi connectivity index (χ1v) is 8.02. The molecule has 0 saturated carbocycles. The molecule has 1 aromatic rings. The van der Waals surface area contributed by atoms with Crippen molar-refractivity contribution in [1.29, 1.82) is 0 Å². The average Bonchev–Trinajstić information content (AvgIpc) is 2.45. The Labute approximate surface area is 124 Å². The van der Waals surface area contributed by atoms with Crippen LogP contribution in [0.25, 0.3) is 0 Å². The number of hydrogen-bond donors (Lipinski definition) is 1. The van der Waals surface area contributed by atoms with E-state index in [4.69, 9.17) is 0 Å². The maximum Gasteiger partial charge on any atom is 0.0544 e. The molecule has 0 saturated heterocycles. The van der Waals surface area contributed by atoms with Crippen LogP contribution in [0.4, 0.5) is 0 Å². The zero-order valence-electron chi connectivity index (χ0n) is 13.6. The third-order valence-corrected chi connectivity index (χ3v) is 3.57. The normalized spacial score (nSPS) is 13.1. The van der Waals surface area contributed by atoms with E-state index in [0.29, 0.717) is 12.0 Å². The molecule has 1 aromatic heterocycles. The first kappa shape index (κ1) is 17.1. The van der Waals surface area contributed by atoms with Crippen molar-refractivity contribution >= 4 is 0 Å². The van der Waals surface area contributed by atoms with Crippen LogP contribution >= 0.6 is 0 Å². The van der Waals surface area contributed by atoms with E-state index in [0.717, 1.165) is 26.2 Å². The van der Waals surface area contributed by atoms with Crippen molar-refractivity contribution in [3.63, 3.8) is 0 Å². The summed E-state index contributed by atoms with van der Waals surface area (Å²) in [7, 11) is 0. The molecule has 1 unspecified atom stereocenters. The number of nitrogens with one attached hydrogen (secondary N) is 1. The summed E-state index contributed by atoms with van der Waals surface area (Å²) >= 11 is 0. The number of pyridine rings is 1. The van der Waals surface area contributed by atoms with E-state index in [1.165, 1.54) is 18.5 Å². The molecule has 0 radical (unpaired) electrons. The smallest absolute Gasteiger partial charge is 0.0544 e. The lowest BCUT2D eigenvalue weighted by Crippen LogP contribution is -2.42. The second kappa shape index (κ2) is 9.89. The molecule has 0 bridgehead atoms. The molecule has 1 N–H and O–H groups in total. The van der Waals surface area contributed by atoms with Crippen LogP contribution in [0.1, 0.15) is 46.2 Å². The molecule has 20 heavy (non-hydrogen) atoms. The van der Waals surface area contributed by atoms with Gasteiger partial charge in [-0.3, -0.25) is 9.88 Å². The molecule has 3 heteroatoms. The Morgan fingerprint density at radius 1 is 1.20 bits per heavy atom. The van der Waals surface area contributed by atoms with Gasteiger partial charge in [-0.1, -0.05) is 40.2 Å². The van der Waals surface area contributed by atoms with Crippen molar-refractivity contribution in [2.24, 2.45) is 5.92 Å². The Hall–Kier alpha value is -0.930. The summed E-state index contributed by atoms with van der Waals surface area (Å²) in [5.41, 5.74) is 1.17. The standard InChI is InChI=1S/C17H31N3/c1-5-9-17(13-18-12-15(3)4)20(6-2)14-16-10-7-8-11-19-16/h7-8,10-11,15,17-18H,5-6,9,12-14H2,1-4H3. The molecule has 1 rings (SSSR count). The summed E-state index contributed by atoms with van der Waals surface area (Å²) < 4.78 is 0. The first-order valence-electron chi connectivity index (χ1n) is 8.02. The van der Waals surface area contributed by atoms with E-state index in [2.05, 4.69) is 55.0 Å². The van der Waals surface area contributed by atoms with E-state index >= 15 is 0 Å². The summed E-state index contributed by atoms with van der Waals surface area (Å²) in [5, 5.41) is 3.61. The van der Waals surface area contributed by atoms with Crippen LogP contribution < -0.4 is 5.32 Å². The van der Waals surface area contributed by atoms with Crippen molar-refractivity contribution in [3.8, 4) is 0 Å². The van der Waals surface area contributed by atoms with Crippen LogP contribution in [0.2, 0.25) is 0 Å². The average molecular weight is 277 g/mol. The van der Waals surface area contributed by atoms with E-state index in [9.17, 15) is 0 Å². The molecule has 1 heterocycles. The van der Waals surface area contributed by atoms with Crippen molar-refractivity contribution in [3.05, 3.63) is 30.1 Å². The van der Waals surface area contributed by atoms with Gasteiger partial charge in [-0.05, 0) is 37.6 Å². The summed E-state index contributed by atoms with van der Waals surface area (Å²) in [6.45, 7) is 13.2. The molecule has 0 aromatic carbocycles. The molecule has 0 fully saturated rings. The predicted molar refractivity (Wildman–Crippen MR) is 86.7 cm³/mol. The van der Waals surface area contributed by atoms with E-state index in [1.807, 2.05) is 12.3 Å². The summed E-state index contributed by atoms with van der Waals surface area (Å²) in [6.07, 6.45) is 4.35. The van der Waals surface area contributed by atoms with Crippen LogP contribution in [0.3, 0.4) is 0 Å². The predicted octanol–water partition coefficient (Wildman–Crippen LogP) is 3.32. The number of hydrogen-bond acceptors (Lipinski definition) is 3. The van der Waals surface area contributed by atoms with Gasteiger partial charge in [0.25, 0.3) is 0 Å². The van der Waals surface area contributed by atoms with Gasteiger partial charge >= 0.3 is 0 Å². The lowest BCUT2D eigenvalue weighted by molar-refractivity contribution is 0.179. The molecular formula is C17H31N3. The van der Waals surface area contributed by atoms with Crippen molar-refractivity contribution in [2.45, 2.75) is 53.1 Å². The third-order valence-electron chi connectivity index (χ3n) is 3.57. The maximum absolute atomic E-state index is 4.46. The Morgan fingerprint density at radius 2 is 2.00 bits per heavy atom. The monoisotopic (exact) mass is 277 g/mol. The minimum absolute atomic E-state index is 0.603. The van der Waals surface area contributed by atoms with Gasteiger partial charge in [-0.15, -0.1) is 0 Å². The zero-order chi connectivity index (χ0) is 14.8. The fourth-order valence-corrected chi connectivity index (χ4v) is 2.48. The molecule has 0 aliphatic heterocycles. The molecule has 1 atom stereocenters.